The Morgan fingerprint density at radius 3 is 3.06 bits per heavy atom. The Balaban J connectivity index is 1.88. The van der Waals surface area contributed by atoms with Crippen molar-refractivity contribution in [2.75, 3.05) is 6.54 Å². The van der Waals surface area contributed by atoms with Crippen molar-refractivity contribution in [3.63, 3.8) is 0 Å². The van der Waals surface area contributed by atoms with Gasteiger partial charge < -0.3 is 10.4 Å². The topological polar surface area (TPSA) is 76.4 Å². The molecule has 1 aliphatic carbocycles. The first kappa shape index (κ1) is 11.0. The van der Waals surface area contributed by atoms with E-state index in [0.29, 0.717) is 11.6 Å². The molecule has 16 heavy (non-hydrogen) atoms. The molecule has 0 spiro atoms. The molecule has 1 atom stereocenters. The van der Waals surface area contributed by atoms with Crippen LogP contribution < -0.4 is 10.3 Å². The van der Waals surface area contributed by atoms with Crippen LogP contribution in [0.15, 0.2) is 18.6 Å². The van der Waals surface area contributed by atoms with Crippen molar-refractivity contribution < 1.29 is 14.9 Å². The number of rotatable bonds is 4. The molecule has 5 heteroatoms. The average Bonchev–Trinajstić information content (AvgIpc) is 3.11. The molecule has 1 heterocycles. The lowest BCUT2D eigenvalue weighted by Crippen LogP contribution is -2.42. The Kier molecular flexibility index (Phi) is 2.87. The zero-order chi connectivity index (χ0) is 11.6. The molecule has 0 aromatic carbocycles. The second-order valence-electron chi connectivity index (χ2n) is 4.46. The summed E-state index contributed by atoms with van der Waals surface area (Å²) in [5.41, 5.74) is -0.470. The van der Waals surface area contributed by atoms with Crippen molar-refractivity contribution in [2.24, 2.45) is 5.92 Å². The third-order valence-corrected chi connectivity index (χ3v) is 2.90. The van der Waals surface area contributed by atoms with E-state index in [1.54, 1.807) is 13.1 Å². The Hall–Kier alpha value is -1.49. The second kappa shape index (κ2) is 4.17. The molecule has 2 rings (SSSR count). The van der Waals surface area contributed by atoms with Gasteiger partial charge in [0.1, 0.15) is 0 Å². The maximum absolute atomic E-state index is 11.6. The van der Waals surface area contributed by atoms with Gasteiger partial charge in [-0.3, -0.25) is 4.79 Å². The van der Waals surface area contributed by atoms with E-state index in [4.69, 9.17) is 0 Å². The number of aromatic nitrogens is 2. The van der Waals surface area contributed by atoms with Crippen molar-refractivity contribution in [1.29, 1.82) is 0 Å². The molecular formula is C11H16N3O2+. The Morgan fingerprint density at radius 2 is 2.50 bits per heavy atom. The number of H-pyrrole nitrogens is 1. The fraction of sp³-hybridized carbons (Fsp3) is 0.545. The van der Waals surface area contributed by atoms with Gasteiger partial charge in [0.25, 0.3) is 5.91 Å². The molecule has 0 unspecified atom stereocenters. The van der Waals surface area contributed by atoms with E-state index in [-0.39, 0.29) is 12.5 Å². The predicted octanol–water partition coefficient (Wildman–Crippen LogP) is -0.214. The van der Waals surface area contributed by atoms with E-state index >= 15 is 0 Å². The maximum Gasteiger partial charge on any atom is 0.276 e. The van der Waals surface area contributed by atoms with Gasteiger partial charge in [0.05, 0.1) is 11.8 Å². The van der Waals surface area contributed by atoms with Crippen molar-refractivity contribution in [3.05, 3.63) is 24.3 Å². The summed E-state index contributed by atoms with van der Waals surface area (Å²) in [6.07, 6.45) is 6.77. The van der Waals surface area contributed by atoms with Gasteiger partial charge in [-0.1, -0.05) is 0 Å². The van der Waals surface area contributed by atoms with Crippen LogP contribution in [0, 0.1) is 5.92 Å². The van der Waals surface area contributed by atoms with E-state index in [1.165, 1.54) is 12.4 Å². The van der Waals surface area contributed by atoms with Gasteiger partial charge >= 0.3 is 0 Å². The van der Waals surface area contributed by atoms with Crippen molar-refractivity contribution in [3.8, 4) is 0 Å². The standard InChI is InChI=1S/C11H15N3O2/c1-11(16,8-2-3-8)7-14-10(15)9-6-12-4-5-13-9/h4-6,8,16H,2-3,7H2,1H3,(H,14,15)/p+1/t11-/m1/s1. The van der Waals surface area contributed by atoms with Gasteiger partial charge in [0, 0.05) is 6.54 Å². The number of aliphatic hydroxyl groups is 1. The number of carbonyl (C=O) groups excluding carboxylic acids is 1. The molecule has 1 aromatic heterocycles. The molecule has 1 saturated carbocycles. The quantitative estimate of drug-likeness (QED) is 0.740. The summed E-state index contributed by atoms with van der Waals surface area (Å²) in [6, 6.07) is 0. The fourth-order valence-electron chi connectivity index (χ4n) is 1.65. The Bertz CT molecular complexity index is 374. The van der Waals surface area contributed by atoms with E-state index in [2.05, 4.69) is 15.3 Å². The van der Waals surface area contributed by atoms with Crippen LogP contribution in [0.2, 0.25) is 0 Å². The van der Waals surface area contributed by atoms with Crippen LogP contribution in [0.1, 0.15) is 30.3 Å². The van der Waals surface area contributed by atoms with Crippen LogP contribution in [0.4, 0.5) is 0 Å². The number of aromatic amines is 1. The lowest BCUT2D eigenvalue weighted by molar-refractivity contribution is -0.379. The maximum atomic E-state index is 11.6. The van der Waals surface area contributed by atoms with E-state index in [9.17, 15) is 9.90 Å². The smallest absolute Gasteiger partial charge is 0.276 e. The highest BCUT2D eigenvalue weighted by Gasteiger charge is 2.40. The number of carbonyl (C=O) groups is 1. The molecule has 0 aliphatic heterocycles. The SMILES string of the molecule is C[C@@](O)(CNC(=O)c1c[nH+]ccn1)C1CC1. The van der Waals surface area contributed by atoms with Gasteiger partial charge in [-0.05, 0) is 25.7 Å². The first-order chi connectivity index (χ1) is 7.59. The number of nitrogens with one attached hydrogen (secondary N) is 2. The van der Waals surface area contributed by atoms with Crippen LogP contribution in [-0.2, 0) is 0 Å². The predicted molar refractivity (Wildman–Crippen MR) is 56.5 cm³/mol. The van der Waals surface area contributed by atoms with Crippen LogP contribution in [-0.4, -0.2) is 28.1 Å². The normalized spacial score (nSPS) is 18.9. The van der Waals surface area contributed by atoms with Gasteiger partial charge in [-0.2, -0.15) is 0 Å². The molecule has 1 amide bonds. The summed E-state index contributed by atoms with van der Waals surface area (Å²) in [6.45, 7) is 2.03. The second-order valence-corrected chi connectivity index (χ2v) is 4.46. The zero-order valence-corrected chi connectivity index (χ0v) is 9.23. The van der Waals surface area contributed by atoms with Crippen molar-refractivity contribution >= 4 is 5.91 Å². The highest BCUT2D eigenvalue weighted by Crippen LogP contribution is 2.38. The zero-order valence-electron chi connectivity index (χ0n) is 9.23. The minimum atomic E-state index is -0.797. The third-order valence-electron chi connectivity index (χ3n) is 2.90. The van der Waals surface area contributed by atoms with E-state index in [1.807, 2.05) is 0 Å². The summed E-state index contributed by atoms with van der Waals surface area (Å²) in [5, 5.41) is 12.7. The van der Waals surface area contributed by atoms with Crippen LogP contribution in [0.3, 0.4) is 0 Å². The summed E-state index contributed by atoms with van der Waals surface area (Å²) in [7, 11) is 0. The summed E-state index contributed by atoms with van der Waals surface area (Å²) in [5.74, 6) is 0.0564. The van der Waals surface area contributed by atoms with Crippen LogP contribution in [0.25, 0.3) is 0 Å². The first-order valence-electron chi connectivity index (χ1n) is 5.42. The molecule has 5 nitrogen and oxygen atoms in total. The van der Waals surface area contributed by atoms with E-state index in [0.717, 1.165) is 12.8 Å². The monoisotopic (exact) mass is 222 g/mol. The third kappa shape index (κ3) is 2.55. The molecule has 1 aliphatic rings. The molecule has 0 radical (unpaired) electrons. The summed E-state index contributed by atoms with van der Waals surface area (Å²) < 4.78 is 0. The molecular weight excluding hydrogens is 206 g/mol. The van der Waals surface area contributed by atoms with Crippen LogP contribution in [0.5, 0.6) is 0 Å². The van der Waals surface area contributed by atoms with Crippen LogP contribution >= 0.6 is 0 Å². The lowest BCUT2D eigenvalue weighted by Gasteiger charge is -2.22. The highest BCUT2D eigenvalue weighted by atomic mass is 16.3. The number of amides is 1. The summed E-state index contributed by atoms with van der Waals surface area (Å²) >= 11 is 0. The highest BCUT2D eigenvalue weighted by molar-refractivity contribution is 5.91. The number of nitrogens with zero attached hydrogens (tertiary/aromatic N) is 1. The minimum Gasteiger partial charge on any atom is -0.388 e. The Morgan fingerprint density at radius 1 is 1.75 bits per heavy atom. The van der Waals surface area contributed by atoms with Gasteiger partial charge in [0.2, 0.25) is 0 Å². The first-order valence-corrected chi connectivity index (χ1v) is 5.42. The molecule has 3 N–H and O–H groups in total. The fourth-order valence-corrected chi connectivity index (χ4v) is 1.65. The average molecular weight is 222 g/mol. The molecule has 0 saturated heterocycles. The largest absolute Gasteiger partial charge is 0.388 e. The number of hydrogen-bond donors (Lipinski definition) is 2. The lowest BCUT2D eigenvalue weighted by atomic mass is 10.0. The molecule has 0 bridgehead atoms. The van der Waals surface area contributed by atoms with Gasteiger partial charge in [-0.15, -0.1) is 0 Å². The molecule has 1 aromatic rings. The molecule has 86 valence electrons. The number of hydrogen-bond acceptors (Lipinski definition) is 3. The summed E-state index contributed by atoms with van der Waals surface area (Å²) in [4.78, 5) is 18.3. The minimum absolute atomic E-state index is 0.266. The Labute approximate surface area is 93.9 Å². The van der Waals surface area contributed by atoms with Gasteiger partial charge in [0.15, 0.2) is 18.1 Å². The van der Waals surface area contributed by atoms with Crippen molar-refractivity contribution in [1.82, 2.24) is 10.3 Å². The van der Waals surface area contributed by atoms with E-state index < -0.39 is 5.60 Å². The molecule has 1 fully saturated rings. The van der Waals surface area contributed by atoms with Gasteiger partial charge in [-0.25, -0.2) is 9.97 Å². The van der Waals surface area contributed by atoms with Crippen molar-refractivity contribution in [2.45, 2.75) is 25.4 Å².